The zero-order valence-electron chi connectivity index (χ0n) is 11.8. The first kappa shape index (κ1) is 13.8. The molecular formula is C17H21NO. The summed E-state index contributed by atoms with van der Waals surface area (Å²) < 4.78 is 0. The maximum atomic E-state index is 10.6. The number of rotatable bonds is 4. The fraction of sp³-hybridized carbons (Fsp3) is 0.294. The summed E-state index contributed by atoms with van der Waals surface area (Å²) in [5.74, 6) is 0. The summed E-state index contributed by atoms with van der Waals surface area (Å²) in [6.45, 7) is 2.89. The van der Waals surface area contributed by atoms with Crippen LogP contribution in [0.15, 0.2) is 48.5 Å². The predicted molar refractivity (Wildman–Crippen MR) is 79.1 cm³/mol. The largest absolute Gasteiger partial charge is 0.384 e. The monoisotopic (exact) mass is 255 g/mol. The Morgan fingerprint density at radius 3 is 2.37 bits per heavy atom. The molecule has 0 aromatic heterocycles. The van der Waals surface area contributed by atoms with Crippen molar-refractivity contribution < 1.29 is 5.11 Å². The van der Waals surface area contributed by atoms with Gasteiger partial charge in [0.05, 0.1) is 0 Å². The highest BCUT2D eigenvalue weighted by Gasteiger charge is 2.14. The lowest BCUT2D eigenvalue weighted by Gasteiger charge is -2.19. The molecule has 0 aliphatic carbocycles. The van der Waals surface area contributed by atoms with Gasteiger partial charge in [-0.05, 0) is 37.7 Å². The third-order valence-electron chi connectivity index (χ3n) is 3.20. The van der Waals surface area contributed by atoms with Crippen LogP contribution < -0.4 is 0 Å². The Bertz CT molecular complexity index is 534. The summed E-state index contributed by atoms with van der Waals surface area (Å²) in [6, 6.07) is 16.1. The molecule has 0 bridgehead atoms. The molecule has 2 aromatic carbocycles. The third kappa shape index (κ3) is 3.43. The van der Waals surface area contributed by atoms with Gasteiger partial charge in [-0.25, -0.2) is 0 Å². The molecule has 0 radical (unpaired) electrons. The van der Waals surface area contributed by atoms with Crippen LogP contribution >= 0.6 is 0 Å². The predicted octanol–water partition coefficient (Wildman–Crippen LogP) is 3.14. The molecule has 0 aliphatic heterocycles. The molecule has 0 saturated heterocycles. The molecule has 2 rings (SSSR count). The summed E-state index contributed by atoms with van der Waals surface area (Å²) in [5.41, 5.74) is 4.28. The Morgan fingerprint density at radius 1 is 1.05 bits per heavy atom. The van der Waals surface area contributed by atoms with Crippen molar-refractivity contribution in [3.63, 3.8) is 0 Å². The second-order valence-electron chi connectivity index (χ2n) is 5.25. The SMILES string of the molecule is Cc1ccc(CN(C)C)c([C@H](O)c2ccccc2)c1. The molecule has 0 saturated carbocycles. The molecule has 0 aliphatic rings. The zero-order valence-corrected chi connectivity index (χ0v) is 11.8. The van der Waals surface area contributed by atoms with Crippen LogP contribution in [0.4, 0.5) is 0 Å². The van der Waals surface area contributed by atoms with E-state index < -0.39 is 6.10 Å². The van der Waals surface area contributed by atoms with E-state index in [1.54, 1.807) is 0 Å². The lowest BCUT2D eigenvalue weighted by Crippen LogP contribution is -2.14. The van der Waals surface area contributed by atoms with Crippen molar-refractivity contribution in [1.29, 1.82) is 0 Å². The van der Waals surface area contributed by atoms with Crippen LogP contribution in [0.25, 0.3) is 0 Å². The van der Waals surface area contributed by atoms with Crippen LogP contribution in [0.5, 0.6) is 0 Å². The smallest absolute Gasteiger partial charge is 0.104 e. The van der Waals surface area contributed by atoms with E-state index in [9.17, 15) is 5.11 Å². The summed E-state index contributed by atoms with van der Waals surface area (Å²) >= 11 is 0. The molecule has 1 atom stereocenters. The Morgan fingerprint density at radius 2 is 1.74 bits per heavy atom. The van der Waals surface area contributed by atoms with Crippen LogP contribution in [-0.4, -0.2) is 24.1 Å². The average molecular weight is 255 g/mol. The molecule has 2 aromatic rings. The van der Waals surface area contributed by atoms with Crippen LogP contribution in [-0.2, 0) is 6.54 Å². The van der Waals surface area contributed by atoms with Crippen molar-refractivity contribution in [2.75, 3.05) is 14.1 Å². The minimum Gasteiger partial charge on any atom is -0.384 e. The van der Waals surface area contributed by atoms with Gasteiger partial charge in [-0.1, -0.05) is 54.1 Å². The fourth-order valence-electron chi connectivity index (χ4n) is 2.27. The number of aliphatic hydroxyl groups is 1. The van der Waals surface area contributed by atoms with Gasteiger partial charge in [-0.15, -0.1) is 0 Å². The quantitative estimate of drug-likeness (QED) is 0.907. The number of aryl methyl sites for hydroxylation is 1. The molecule has 100 valence electrons. The van der Waals surface area contributed by atoms with Crippen molar-refractivity contribution in [1.82, 2.24) is 4.90 Å². The molecular weight excluding hydrogens is 234 g/mol. The van der Waals surface area contributed by atoms with Gasteiger partial charge in [0.25, 0.3) is 0 Å². The van der Waals surface area contributed by atoms with Crippen LogP contribution in [0.3, 0.4) is 0 Å². The van der Waals surface area contributed by atoms with E-state index in [2.05, 4.69) is 30.0 Å². The minimum atomic E-state index is -0.559. The summed E-state index contributed by atoms with van der Waals surface area (Å²) in [6.07, 6.45) is -0.559. The molecule has 0 heterocycles. The number of aliphatic hydroxyl groups excluding tert-OH is 1. The second kappa shape index (κ2) is 6.00. The van der Waals surface area contributed by atoms with Crippen molar-refractivity contribution >= 4 is 0 Å². The zero-order chi connectivity index (χ0) is 13.8. The number of hydrogen-bond donors (Lipinski definition) is 1. The maximum absolute atomic E-state index is 10.6. The van der Waals surface area contributed by atoms with Crippen molar-refractivity contribution in [3.8, 4) is 0 Å². The molecule has 2 nitrogen and oxygen atoms in total. The lowest BCUT2D eigenvalue weighted by molar-refractivity contribution is 0.217. The summed E-state index contributed by atoms with van der Waals surface area (Å²) in [7, 11) is 4.08. The van der Waals surface area contributed by atoms with E-state index in [-0.39, 0.29) is 0 Å². The van der Waals surface area contributed by atoms with E-state index in [1.807, 2.05) is 44.4 Å². The molecule has 0 fully saturated rings. The third-order valence-corrected chi connectivity index (χ3v) is 3.20. The molecule has 0 amide bonds. The van der Waals surface area contributed by atoms with Gasteiger partial charge in [0.15, 0.2) is 0 Å². The van der Waals surface area contributed by atoms with Crippen LogP contribution in [0.2, 0.25) is 0 Å². The molecule has 0 spiro atoms. The lowest BCUT2D eigenvalue weighted by atomic mass is 9.95. The second-order valence-corrected chi connectivity index (χ2v) is 5.25. The van der Waals surface area contributed by atoms with E-state index in [0.29, 0.717) is 0 Å². The Labute approximate surface area is 115 Å². The van der Waals surface area contributed by atoms with Crippen LogP contribution in [0, 0.1) is 6.92 Å². The molecule has 0 unspecified atom stereocenters. The molecule has 1 N–H and O–H groups in total. The molecule has 19 heavy (non-hydrogen) atoms. The minimum absolute atomic E-state index is 0.559. The van der Waals surface area contributed by atoms with Gasteiger partial charge in [0, 0.05) is 6.54 Å². The standard InChI is InChI=1S/C17H21NO/c1-13-9-10-15(12-18(2)3)16(11-13)17(19)14-7-5-4-6-8-14/h4-11,17,19H,12H2,1-3H3/t17-/m1/s1. The van der Waals surface area contributed by atoms with E-state index in [4.69, 9.17) is 0 Å². The first-order valence-electron chi connectivity index (χ1n) is 6.55. The van der Waals surface area contributed by atoms with Gasteiger partial charge in [-0.2, -0.15) is 0 Å². The maximum Gasteiger partial charge on any atom is 0.104 e. The average Bonchev–Trinajstić information content (AvgIpc) is 2.40. The fourth-order valence-corrected chi connectivity index (χ4v) is 2.27. The first-order valence-corrected chi connectivity index (χ1v) is 6.55. The van der Waals surface area contributed by atoms with E-state index >= 15 is 0 Å². The van der Waals surface area contributed by atoms with E-state index in [1.165, 1.54) is 11.1 Å². The highest BCUT2D eigenvalue weighted by Crippen LogP contribution is 2.26. The van der Waals surface area contributed by atoms with Gasteiger partial charge in [-0.3, -0.25) is 0 Å². The van der Waals surface area contributed by atoms with Crippen molar-refractivity contribution in [3.05, 3.63) is 70.8 Å². The number of nitrogens with zero attached hydrogens (tertiary/aromatic N) is 1. The number of benzene rings is 2. The topological polar surface area (TPSA) is 23.5 Å². The van der Waals surface area contributed by atoms with Crippen molar-refractivity contribution in [2.45, 2.75) is 19.6 Å². The number of hydrogen-bond acceptors (Lipinski definition) is 2. The molecule has 2 heteroatoms. The van der Waals surface area contributed by atoms with Gasteiger partial charge in [0.2, 0.25) is 0 Å². The van der Waals surface area contributed by atoms with Gasteiger partial charge < -0.3 is 10.0 Å². The highest BCUT2D eigenvalue weighted by molar-refractivity contribution is 5.38. The highest BCUT2D eigenvalue weighted by atomic mass is 16.3. The Kier molecular flexibility index (Phi) is 4.35. The Hall–Kier alpha value is -1.64. The van der Waals surface area contributed by atoms with Crippen molar-refractivity contribution in [2.24, 2.45) is 0 Å². The normalized spacial score (nSPS) is 12.7. The van der Waals surface area contributed by atoms with Crippen LogP contribution in [0.1, 0.15) is 28.4 Å². The Balaban J connectivity index is 2.39. The van der Waals surface area contributed by atoms with Gasteiger partial charge >= 0.3 is 0 Å². The van der Waals surface area contributed by atoms with Gasteiger partial charge in [0.1, 0.15) is 6.10 Å². The first-order chi connectivity index (χ1) is 9.08. The summed E-state index contributed by atoms with van der Waals surface area (Å²) in [4.78, 5) is 2.12. The summed E-state index contributed by atoms with van der Waals surface area (Å²) in [5, 5.41) is 10.6. The van der Waals surface area contributed by atoms with E-state index in [0.717, 1.165) is 17.7 Å².